The number of fused-ring (bicyclic) bond motifs is 1. The van der Waals surface area contributed by atoms with Crippen LogP contribution in [0.4, 0.5) is 5.95 Å². The summed E-state index contributed by atoms with van der Waals surface area (Å²) in [5.41, 5.74) is 4.28. The van der Waals surface area contributed by atoms with Crippen molar-refractivity contribution >= 4 is 17.1 Å². The highest BCUT2D eigenvalue weighted by atomic mass is 16.6. The number of hydrogen-bond acceptors (Lipinski definition) is 7. The van der Waals surface area contributed by atoms with Crippen molar-refractivity contribution in [2.24, 2.45) is 0 Å². The molecule has 57 heavy (non-hydrogen) atoms. The quantitative estimate of drug-likeness (QED) is 0.121. The molecule has 8 aromatic rings. The van der Waals surface area contributed by atoms with E-state index in [9.17, 15) is 4.79 Å². The molecule has 6 aromatic carbocycles. The van der Waals surface area contributed by atoms with Crippen molar-refractivity contribution in [3.8, 4) is 0 Å². The summed E-state index contributed by atoms with van der Waals surface area (Å²) in [4.78, 5) is 26.3. The van der Waals surface area contributed by atoms with E-state index in [2.05, 4.69) is 88.1 Å². The maximum absolute atomic E-state index is 13.8. The van der Waals surface area contributed by atoms with Crippen LogP contribution < -0.4 is 10.9 Å². The van der Waals surface area contributed by atoms with Gasteiger partial charge in [-0.05, 0) is 33.4 Å². The molecule has 0 bridgehead atoms. The minimum Gasteiger partial charge on any atom is -0.374 e. The number of nitrogens with one attached hydrogen (secondary N) is 2. The molecule has 0 spiro atoms. The molecule has 3 heterocycles. The molecule has 0 radical (unpaired) electrons. The Kier molecular flexibility index (Phi) is 10.0. The Morgan fingerprint density at radius 2 is 1.07 bits per heavy atom. The van der Waals surface area contributed by atoms with Crippen molar-refractivity contribution in [3.63, 3.8) is 0 Å². The van der Waals surface area contributed by atoms with E-state index in [0.29, 0.717) is 12.3 Å². The van der Waals surface area contributed by atoms with Crippen LogP contribution in [-0.4, -0.2) is 45.4 Å². The zero-order valence-corrected chi connectivity index (χ0v) is 31.1. The van der Waals surface area contributed by atoms with Crippen molar-refractivity contribution in [2.45, 2.75) is 23.5 Å². The Labute approximate surface area is 330 Å². The lowest BCUT2D eigenvalue weighted by Gasteiger charge is -2.38. The average Bonchev–Trinajstić information content (AvgIpc) is 3.73. The van der Waals surface area contributed by atoms with Gasteiger partial charge in [0.1, 0.15) is 17.2 Å². The molecule has 2 atom stereocenters. The molecule has 1 saturated heterocycles. The first-order valence-electron chi connectivity index (χ1n) is 19.1. The number of aromatic nitrogens is 4. The van der Waals surface area contributed by atoms with Crippen LogP contribution in [0.1, 0.15) is 39.6 Å². The first kappa shape index (κ1) is 36.0. The minimum absolute atomic E-state index is 0.198. The first-order chi connectivity index (χ1) is 28.1. The van der Waals surface area contributed by atoms with Gasteiger partial charge in [-0.2, -0.15) is 4.98 Å². The summed E-state index contributed by atoms with van der Waals surface area (Å²) in [5.74, 6) is 0.279. The van der Waals surface area contributed by atoms with Gasteiger partial charge in [0, 0.05) is 0 Å². The van der Waals surface area contributed by atoms with Crippen molar-refractivity contribution in [2.75, 3.05) is 25.1 Å². The third-order valence-corrected chi connectivity index (χ3v) is 10.6. The van der Waals surface area contributed by atoms with E-state index in [1.165, 1.54) is 0 Å². The van der Waals surface area contributed by atoms with E-state index >= 15 is 0 Å². The van der Waals surface area contributed by atoms with Crippen LogP contribution in [0, 0.1) is 0 Å². The molecule has 2 aromatic heterocycles. The Morgan fingerprint density at radius 3 is 1.53 bits per heavy atom. The van der Waals surface area contributed by atoms with Gasteiger partial charge in [-0.15, -0.1) is 0 Å². The second-order valence-corrected chi connectivity index (χ2v) is 14.1. The Bertz CT molecular complexity index is 2390. The van der Waals surface area contributed by atoms with E-state index in [1.54, 1.807) is 10.9 Å². The molecule has 0 amide bonds. The van der Waals surface area contributed by atoms with Crippen LogP contribution >= 0.6 is 0 Å². The lowest BCUT2D eigenvalue weighted by Crippen LogP contribution is -2.41. The number of ether oxygens (including phenoxy) is 3. The van der Waals surface area contributed by atoms with Gasteiger partial charge < -0.3 is 19.5 Å². The molecular formula is C48H41N5O4. The van der Waals surface area contributed by atoms with Crippen molar-refractivity contribution in [1.29, 1.82) is 0 Å². The Hall–Kier alpha value is -6.65. The standard InChI is InChI=1S/C48H41N5O4/c54-45-43-44(50-46(51-45)52-47(35-19-7-1-8-20-35,36-21-9-2-10-22-36)37-23-11-3-12-24-37)53(34-49-43)42-33-55-31-41(57-42)32-56-48(38-25-13-4-14-26-38,39-27-15-5-16-28-39)40-29-17-6-18-30-40/h1-30,34,41-42H,31-33H2,(H2,50,51,52,54). The first-order valence-corrected chi connectivity index (χ1v) is 19.1. The van der Waals surface area contributed by atoms with Crippen LogP contribution in [0.2, 0.25) is 0 Å². The minimum atomic E-state index is -0.917. The van der Waals surface area contributed by atoms with Gasteiger partial charge in [0.15, 0.2) is 17.4 Å². The largest absolute Gasteiger partial charge is 0.374 e. The lowest BCUT2D eigenvalue weighted by molar-refractivity contribution is -0.192. The number of imidazole rings is 1. The highest BCUT2D eigenvalue weighted by Crippen LogP contribution is 2.42. The smallest absolute Gasteiger partial charge is 0.280 e. The predicted molar refractivity (Wildman–Crippen MR) is 221 cm³/mol. The molecule has 2 unspecified atom stereocenters. The number of anilines is 1. The molecule has 9 rings (SSSR count). The molecule has 9 nitrogen and oxygen atoms in total. The van der Waals surface area contributed by atoms with Gasteiger partial charge in [0.05, 0.1) is 26.1 Å². The van der Waals surface area contributed by atoms with E-state index in [4.69, 9.17) is 19.2 Å². The topological polar surface area (TPSA) is 103 Å². The summed E-state index contributed by atoms with van der Waals surface area (Å²) in [5, 5.41) is 3.69. The number of nitrogens with zero attached hydrogens (tertiary/aromatic N) is 3. The highest BCUT2D eigenvalue weighted by Gasteiger charge is 2.40. The highest BCUT2D eigenvalue weighted by molar-refractivity contribution is 5.71. The summed E-state index contributed by atoms with van der Waals surface area (Å²) >= 11 is 0. The van der Waals surface area contributed by atoms with Gasteiger partial charge >= 0.3 is 0 Å². The summed E-state index contributed by atoms with van der Waals surface area (Å²) in [6.07, 6.45) is 0.522. The summed E-state index contributed by atoms with van der Waals surface area (Å²) < 4.78 is 21.8. The molecule has 0 saturated carbocycles. The van der Waals surface area contributed by atoms with Gasteiger partial charge in [0.25, 0.3) is 5.56 Å². The molecule has 1 aliphatic rings. The van der Waals surface area contributed by atoms with Crippen LogP contribution in [-0.2, 0) is 25.4 Å². The fourth-order valence-electron chi connectivity index (χ4n) is 7.98. The second-order valence-electron chi connectivity index (χ2n) is 14.1. The molecule has 0 aliphatic carbocycles. The summed E-state index contributed by atoms with van der Waals surface area (Å²) in [6, 6.07) is 61.2. The van der Waals surface area contributed by atoms with Crippen molar-refractivity contribution in [3.05, 3.63) is 232 Å². The van der Waals surface area contributed by atoms with E-state index in [0.717, 1.165) is 33.4 Å². The van der Waals surface area contributed by atoms with E-state index in [-0.39, 0.29) is 30.2 Å². The third-order valence-electron chi connectivity index (χ3n) is 10.6. The van der Waals surface area contributed by atoms with Crippen molar-refractivity contribution in [1.82, 2.24) is 19.5 Å². The van der Waals surface area contributed by atoms with Crippen LogP contribution in [0.3, 0.4) is 0 Å². The molecular weight excluding hydrogens is 711 g/mol. The van der Waals surface area contributed by atoms with Crippen molar-refractivity contribution < 1.29 is 14.2 Å². The molecule has 1 fully saturated rings. The summed E-state index contributed by atoms with van der Waals surface area (Å²) in [7, 11) is 0. The monoisotopic (exact) mass is 751 g/mol. The number of H-pyrrole nitrogens is 1. The molecule has 2 N–H and O–H groups in total. The SMILES string of the molecule is O=c1[nH]c(NC(c2ccccc2)(c2ccccc2)c2ccccc2)nc2c1ncn2C1COCC(COC(c2ccccc2)(c2ccccc2)c2ccccc2)O1. The van der Waals surface area contributed by atoms with Crippen LogP contribution in [0.25, 0.3) is 11.2 Å². The molecule has 9 heteroatoms. The lowest BCUT2D eigenvalue weighted by atomic mass is 9.77. The normalized spacial score (nSPS) is 16.0. The van der Waals surface area contributed by atoms with Gasteiger partial charge in [-0.1, -0.05) is 182 Å². The predicted octanol–water partition coefficient (Wildman–Crippen LogP) is 8.45. The number of hydrogen-bond donors (Lipinski definition) is 2. The number of rotatable bonds is 12. The van der Waals surface area contributed by atoms with E-state index in [1.807, 2.05) is 109 Å². The Balaban J connectivity index is 1.06. The van der Waals surface area contributed by atoms with Gasteiger partial charge in [-0.25, -0.2) is 4.98 Å². The fourth-order valence-corrected chi connectivity index (χ4v) is 7.98. The number of aromatic amines is 1. The summed E-state index contributed by atoms with van der Waals surface area (Å²) in [6.45, 7) is 0.783. The number of benzene rings is 6. The van der Waals surface area contributed by atoms with E-state index < -0.39 is 23.5 Å². The zero-order valence-electron chi connectivity index (χ0n) is 31.1. The van der Waals surface area contributed by atoms with Gasteiger partial charge in [-0.3, -0.25) is 14.3 Å². The second kappa shape index (κ2) is 15.8. The van der Waals surface area contributed by atoms with Crippen LogP contribution in [0.15, 0.2) is 193 Å². The average molecular weight is 752 g/mol. The van der Waals surface area contributed by atoms with Crippen LogP contribution in [0.5, 0.6) is 0 Å². The zero-order chi connectivity index (χ0) is 38.5. The molecule has 1 aliphatic heterocycles. The van der Waals surface area contributed by atoms with Gasteiger partial charge in [0.2, 0.25) is 5.95 Å². The maximum Gasteiger partial charge on any atom is 0.280 e. The Morgan fingerprint density at radius 1 is 0.632 bits per heavy atom. The molecule has 282 valence electrons. The maximum atomic E-state index is 13.8. The third kappa shape index (κ3) is 6.82. The fraction of sp³-hybridized carbons (Fsp3) is 0.146.